The Bertz CT molecular complexity index is 538. The largest absolute Gasteiger partial charge is 0.417 e. The Morgan fingerprint density at radius 3 is 1.79 bits per heavy atom. The second-order valence-corrected chi connectivity index (χ2v) is 21.7. The fraction of sp³-hybridized carbons (Fsp3) is 0.955. The van der Waals surface area contributed by atoms with Crippen molar-refractivity contribution in [1.29, 1.82) is 0 Å². The first kappa shape index (κ1) is 26.0. The van der Waals surface area contributed by atoms with E-state index in [1.807, 2.05) is 0 Å². The predicted octanol–water partition coefficient (Wildman–Crippen LogP) is 6.45. The summed E-state index contributed by atoms with van der Waals surface area (Å²) in [5.41, 5.74) is 0. The van der Waals surface area contributed by atoms with E-state index in [1.165, 1.54) is 0 Å². The molecule has 1 saturated heterocycles. The highest BCUT2D eigenvalue weighted by Crippen LogP contribution is 2.56. The smallest absolute Gasteiger partial charge is 0.350 e. The Morgan fingerprint density at radius 2 is 1.43 bits per heavy atom. The van der Waals surface area contributed by atoms with Gasteiger partial charge in [-0.3, -0.25) is 4.79 Å². The molecule has 166 valence electrons. The van der Waals surface area contributed by atoms with Crippen LogP contribution in [-0.4, -0.2) is 41.5 Å². The SMILES string of the molecule is CC(=O)[C@@H]1O[Si](C(C)(C)C)(C(C)(C)C)O[C@@H](CCO[Si](C)(C)C(C)(C)C)[C@@H]1C. The Balaban J connectivity index is 3.15. The molecule has 0 saturated carbocycles. The third-order valence-electron chi connectivity index (χ3n) is 6.72. The van der Waals surface area contributed by atoms with Gasteiger partial charge in [-0.1, -0.05) is 69.2 Å². The zero-order valence-electron chi connectivity index (χ0n) is 20.8. The van der Waals surface area contributed by atoms with Gasteiger partial charge in [0.15, 0.2) is 14.1 Å². The van der Waals surface area contributed by atoms with E-state index in [2.05, 4.69) is 82.3 Å². The van der Waals surface area contributed by atoms with E-state index in [9.17, 15) is 4.79 Å². The van der Waals surface area contributed by atoms with Gasteiger partial charge in [0.1, 0.15) is 6.10 Å². The summed E-state index contributed by atoms with van der Waals surface area (Å²) in [6, 6.07) is 0. The molecule has 28 heavy (non-hydrogen) atoms. The Labute approximate surface area is 176 Å². The van der Waals surface area contributed by atoms with Crippen molar-refractivity contribution in [3.05, 3.63) is 0 Å². The van der Waals surface area contributed by atoms with Gasteiger partial charge >= 0.3 is 8.56 Å². The number of ketones is 1. The quantitative estimate of drug-likeness (QED) is 0.470. The van der Waals surface area contributed by atoms with Crippen molar-refractivity contribution < 1.29 is 18.1 Å². The van der Waals surface area contributed by atoms with Gasteiger partial charge in [0, 0.05) is 22.6 Å². The van der Waals surface area contributed by atoms with Crippen LogP contribution >= 0.6 is 0 Å². The van der Waals surface area contributed by atoms with Gasteiger partial charge in [-0.15, -0.1) is 0 Å². The number of Topliss-reactive ketones (excluding diaryl/α,β-unsaturated/α-hetero) is 1. The maximum Gasteiger partial charge on any atom is 0.350 e. The summed E-state index contributed by atoms with van der Waals surface area (Å²) < 4.78 is 20.0. The minimum absolute atomic E-state index is 0.0162. The monoisotopic (exact) mass is 430 g/mol. The van der Waals surface area contributed by atoms with Crippen LogP contribution in [0.5, 0.6) is 0 Å². The van der Waals surface area contributed by atoms with Crippen LogP contribution in [0, 0.1) is 5.92 Å². The van der Waals surface area contributed by atoms with Gasteiger partial charge < -0.3 is 13.3 Å². The number of hydrogen-bond donors (Lipinski definition) is 0. The minimum Gasteiger partial charge on any atom is -0.417 e. The van der Waals surface area contributed by atoms with Crippen molar-refractivity contribution in [2.75, 3.05) is 6.61 Å². The molecule has 0 amide bonds. The maximum absolute atomic E-state index is 12.5. The van der Waals surface area contributed by atoms with Crippen molar-refractivity contribution in [2.24, 2.45) is 5.92 Å². The van der Waals surface area contributed by atoms with Crippen molar-refractivity contribution in [1.82, 2.24) is 0 Å². The summed E-state index contributed by atoms with van der Waals surface area (Å²) >= 11 is 0. The molecule has 6 heteroatoms. The Morgan fingerprint density at radius 1 is 0.964 bits per heavy atom. The number of hydrogen-bond acceptors (Lipinski definition) is 4. The molecule has 0 N–H and O–H groups in total. The first-order valence-electron chi connectivity index (χ1n) is 10.8. The van der Waals surface area contributed by atoms with Crippen molar-refractivity contribution in [3.63, 3.8) is 0 Å². The molecule has 0 spiro atoms. The van der Waals surface area contributed by atoms with Gasteiger partial charge in [0.05, 0.1) is 6.10 Å². The van der Waals surface area contributed by atoms with Crippen LogP contribution in [0.2, 0.25) is 28.2 Å². The van der Waals surface area contributed by atoms with Gasteiger partial charge in [-0.05, 0) is 31.5 Å². The molecule has 0 aromatic carbocycles. The van der Waals surface area contributed by atoms with Crippen molar-refractivity contribution >= 4 is 22.7 Å². The summed E-state index contributed by atoms with van der Waals surface area (Å²) in [5.74, 6) is 0.141. The lowest BCUT2D eigenvalue weighted by Crippen LogP contribution is -2.66. The highest BCUT2D eigenvalue weighted by molar-refractivity contribution is 6.74. The van der Waals surface area contributed by atoms with Crippen LogP contribution in [0.3, 0.4) is 0 Å². The fourth-order valence-electron chi connectivity index (χ4n) is 4.08. The third kappa shape index (κ3) is 5.17. The van der Waals surface area contributed by atoms with Gasteiger partial charge in [-0.25, -0.2) is 0 Å². The van der Waals surface area contributed by atoms with Crippen LogP contribution in [0.15, 0.2) is 0 Å². The Hall–Kier alpha value is -0.0162. The van der Waals surface area contributed by atoms with E-state index in [-0.39, 0.29) is 32.9 Å². The first-order chi connectivity index (χ1) is 12.3. The highest BCUT2D eigenvalue weighted by atomic mass is 28.4. The molecule has 0 radical (unpaired) electrons. The summed E-state index contributed by atoms with van der Waals surface area (Å²) in [7, 11) is -4.52. The molecule has 1 fully saturated rings. The number of carbonyl (C=O) groups is 1. The lowest BCUT2D eigenvalue weighted by Gasteiger charge is -2.56. The zero-order chi connectivity index (χ0) is 22.3. The van der Waals surface area contributed by atoms with Gasteiger partial charge in [0.2, 0.25) is 0 Å². The van der Waals surface area contributed by atoms with E-state index in [1.54, 1.807) is 6.92 Å². The van der Waals surface area contributed by atoms with E-state index < -0.39 is 23.0 Å². The third-order valence-corrected chi connectivity index (χ3v) is 16.4. The van der Waals surface area contributed by atoms with Gasteiger partial charge in [-0.2, -0.15) is 0 Å². The highest BCUT2D eigenvalue weighted by Gasteiger charge is 2.63. The summed E-state index contributed by atoms with van der Waals surface area (Å²) in [6.45, 7) is 28.9. The van der Waals surface area contributed by atoms with E-state index in [0.717, 1.165) is 6.42 Å². The van der Waals surface area contributed by atoms with Crippen LogP contribution in [0.25, 0.3) is 0 Å². The molecule has 0 bridgehead atoms. The summed E-state index contributed by atoms with van der Waals surface area (Å²) in [4.78, 5) is 12.5. The topological polar surface area (TPSA) is 44.8 Å². The molecule has 1 aliphatic rings. The molecule has 1 aliphatic heterocycles. The van der Waals surface area contributed by atoms with Crippen LogP contribution in [-0.2, 0) is 18.1 Å². The second-order valence-electron chi connectivity index (χ2n) is 12.2. The molecule has 0 unspecified atom stereocenters. The fourth-order valence-corrected chi connectivity index (χ4v) is 10.4. The van der Waals surface area contributed by atoms with E-state index >= 15 is 0 Å². The van der Waals surface area contributed by atoms with Crippen LogP contribution < -0.4 is 0 Å². The minimum atomic E-state index is -2.71. The summed E-state index contributed by atoms with van der Waals surface area (Å²) in [6.07, 6.45) is 0.399. The molecule has 3 atom stereocenters. The normalized spacial score (nSPS) is 27.0. The molecule has 0 aromatic heterocycles. The molecule has 4 nitrogen and oxygen atoms in total. The number of rotatable bonds is 5. The number of carbonyl (C=O) groups excluding carboxylic acids is 1. The maximum atomic E-state index is 12.5. The first-order valence-corrected chi connectivity index (χ1v) is 15.5. The Kier molecular flexibility index (Phi) is 7.67. The molecular weight excluding hydrogens is 384 g/mol. The lowest BCUT2D eigenvalue weighted by molar-refractivity contribution is -0.138. The zero-order valence-corrected chi connectivity index (χ0v) is 22.8. The van der Waals surface area contributed by atoms with Crippen LogP contribution in [0.4, 0.5) is 0 Å². The molecule has 0 aromatic rings. The molecule has 1 rings (SSSR count). The second kappa shape index (κ2) is 8.25. The average Bonchev–Trinajstić information content (AvgIpc) is 2.44. The van der Waals surface area contributed by atoms with E-state index in [0.29, 0.717) is 6.61 Å². The van der Waals surface area contributed by atoms with Gasteiger partial charge in [0.25, 0.3) is 0 Å². The molecule has 0 aliphatic carbocycles. The van der Waals surface area contributed by atoms with Crippen molar-refractivity contribution in [3.8, 4) is 0 Å². The lowest BCUT2D eigenvalue weighted by atomic mass is 9.94. The van der Waals surface area contributed by atoms with Crippen molar-refractivity contribution in [2.45, 2.75) is 123 Å². The van der Waals surface area contributed by atoms with Crippen LogP contribution in [0.1, 0.15) is 82.6 Å². The predicted molar refractivity (Wildman–Crippen MR) is 123 cm³/mol. The molecular formula is C22H46O4Si2. The summed E-state index contributed by atoms with van der Waals surface area (Å²) in [5, 5.41) is -0.0956. The average molecular weight is 431 g/mol. The van der Waals surface area contributed by atoms with E-state index in [4.69, 9.17) is 13.3 Å². The molecule has 1 heterocycles. The standard InChI is InChI=1S/C22H46O4Si2/c1-16-18(14-15-24-27(12,13)20(3,4)5)25-28(21(6,7)8,22(9,10)11)26-19(16)17(2)23/h16,18-19H,14-15H2,1-13H3/t16-,18-,19+/m0/s1.